The van der Waals surface area contributed by atoms with Gasteiger partial charge in [-0.2, -0.15) is 0 Å². The number of piperidine rings is 2. The minimum absolute atomic E-state index is 0.0759. The number of likely N-dealkylation sites (tertiary alicyclic amines) is 2. The monoisotopic (exact) mass is 440 g/mol. The van der Waals surface area contributed by atoms with Crippen molar-refractivity contribution in [3.63, 3.8) is 0 Å². The summed E-state index contributed by atoms with van der Waals surface area (Å²) >= 11 is 0. The van der Waals surface area contributed by atoms with Crippen LogP contribution in [0.15, 0.2) is 36.2 Å². The lowest BCUT2D eigenvalue weighted by Crippen LogP contribution is -2.45. The van der Waals surface area contributed by atoms with Crippen LogP contribution in [0.5, 0.6) is 0 Å². The van der Waals surface area contributed by atoms with Gasteiger partial charge in [0.25, 0.3) is 0 Å². The largest absolute Gasteiger partial charge is 0.371 e. The highest BCUT2D eigenvalue weighted by molar-refractivity contribution is 5.93. The van der Waals surface area contributed by atoms with E-state index in [9.17, 15) is 9.59 Å². The molecule has 1 aromatic rings. The van der Waals surface area contributed by atoms with Crippen molar-refractivity contribution < 1.29 is 9.59 Å². The lowest BCUT2D eigenvalue weighted by molar-refractivity contribution is -0.139. The number of carbonyl (C=O) groups excluding carboxylic acids is 2. The second-order valence-electron chi connectivity index (χ2n) is 9.24. The molecule has 3 fully saturated rings. The van der Waals surface area contributed by atoms with Crippen molar-refractivity contribution in [2.24, 2.45) is 11.3 Å². The molecule has 32 heavy (non-hydrogen) atoms. The van der Waals surface area contributed by atoms with Gasteiger partial charge in [-0.3, -0.25) is 14.6 Å². The Morgan fingerprint density at radius 1 is 0.969 bits per heavy atom. The minimum atomic E-state index is 0.0759. The summed E-state index contributed by atoms with van der Waals surface area (Å²) in [6.45, 7) is 13.1. The van der Waals surface area contributed by atoms with Crippen LogP contribution in [-0.4, -0.2) is 65.9 Å². The summed E-state index contributed by atoms with van der Waals surface area (Å²) in [6.07, 6.45) is 10.6. The van der Waals surface area contributed by atoms with Gasteiger partial charge >= 0.3 is 0 Å². The lowest BCUT2D eigenvalue weighted by Gasteiger charge is -2.40. The Labute approximate surface area is 193 Å². The van der Waals surface area contributed by atoms with E-state index in [2.05, 4.69) is 26.9 Å². The average Bonchev–Trinajstić information content (AvgIpc) is 3.28. The second kappa shape index (κ2) is 11.0. The first kappa shape index (κ1) is 24.3. The first-order chi connectivity index (χ1) is 15.5. The molecule has 3 aliphatic heterocycles. The van der Waals surface area contributed by atoms with Crippen molar-refractivity contribution in [3.05, 3.63) is 36.2 Å². The van der Waals surface area contributed by atoms with E-state index >= 15 is 0 Å². The first-order valence-corrected chi connectivity index (χ1v) is 12.4. The topological polar surface area (TPSA) is 56.8 Å². The van der Waals surface area contributed by atoms with E-state index in [1.165, 1.54) is 5.69 Å². The van der Waals surface area contributed by atoms with Crippen LogP contribution in [0.1, 0.15) is 59.8 Å². The number of aromatic nitrogens is 1. The molecule has 0 radical (unpaired) electrons. The van der Waals surface area contributed by atoms with E-state index in [0.29, 0.717) is 24.4 Å². The zero-order valence-electron chi connectivity index (χ0n) is 20.3. The van der Waals surface area contributed by atoms with Gasteiger partial charge in [0, 0.05) is 68.8 Å². The Kier molecular flexibility index (Phi) is 8.32. The Bertz CT molecular complexity index is 791. The maximum absolute atomic E-state index is 13.2. The summed E-state index contributed by atoms with van der Waals surface area (Å²) in [5.41, 5.74) is 2.33. The Balaban J connectivity index is 0.00000141. The quantitative estimate of drug-likeness (QED) is 0.663. The fourth-order valence-corrected chi connectivity index (χ4v) is 5.29. The summed E-state index contributed by atoms with van der Waals surface area (Å²) in [6, 6.07) is 4.16. The summed E-state index contributed by atoms with van der Waals surface area (Å²) in [5, 5.41) is 0. The molecule has 4 heterocycles. The number of hydrogen-bond donors (Lipinski definition) is 0. The molecule has 4 rings (SSSR count). The third-order valence-electron chi connectivity index (χ3n) is 7.50. The predicted molar refractivity (Wildman–Crippen MR) is 129 cm³/mol. The molecule has 1 spiro atoms. The van der Waals surface area contributed by atoms with E-state index in [1.807, 2.05) is 51.1 Å². The van der Waals surface area contributed by atoms with Gasteiger partial charge in [0.05, 0.1) is 0 Å². The maximum atomic E-state index is 13.2. The number of carbonyl (C=O) groups is 2. The number of amides is 2. The van der Waals surface area contributed by atoms with Gasteiger partial charge in [0.15, 0.2) is 0 Å². The molecule has 2 amide bonds. The van der Waals surface area contributed by atoms with Gasteiger partial charge in [0.2, 0.25) is 11.8 Å². The zero-order valence-corrected chi connectivity index (χ0v) is 20.3. The highest BCUT2D eigenvalue weighted by Gasteiger charge is 2.43. The Morgan fingerprint density at radius 3 is 2.16 bits per heavy atom. The molecule has 3 aliphatic rings. The number of allylic oxidation sites excluding steroid dienone is 1. The molecule has 6 nitrogen and oxygen atoms in total. The van der Waals surface area contributed by atoms with Gasteiger partial charge in [-0.1, -0.05) is 19.9 Å². The normalized spacial score (nSPS) is 21.4. The molecule has 0 saturated carbocycles. The van der Waals surface area contributed by atoms with Crippen LogP contribution in [0, 0.1) is 11.3 Å². The lowest BCUT2D eigenvalue weighted by atomic mass is 9.77. The molecule has 0 N–H and O–H groups in total. The van der Waals surface area contributed by atoms with Gasteiger partial charge < -0.3 is 14.7 Å². The van der Waals surface area contributed by atoms with Gasteiger partial charge in [-0.25, -0.2) is 0 Å². The summed E-state index contributed by atoms with van der Waals surface area (Å²) in [7, 11) is 0. The molecule has 176 valence electrons. The Morgan fingerprint density at radius 2 is 1.56 bits per heavy atom. The van der Waals surface area contributed by atoms with Crippen molar-refractivity contribution in [2.75, 3.05) is 44.2 Å². The van der Waals surface area contributed by atoms with Crippen molar-refractivity contribution >= 4 is 17.5 Å². The maximum Gasteiger partial charge on any atom is 0.249 e. The van der Waals surface area contributed by atoms with Crippen LogP contribution >= 0.6 is 0 Å². The fraction of sp³-hybridized carbons (Fsp3) is 0.654. The van der Waals surface area contributed by atoms with Crippen LogP contribution in [0.25, 0.3) is 0 Å². The van der Waals surface area contributed by atoms with Crippen molar-refractivity contribution in [1.82, 2.24) is 14.8 Å². The van der Waals surface area contributed by atoms with Crippen LogP contribution in [0.2, 0.25) is 0 Å². The summed E-state index contributed by atoms with van der Waals surface area (Å²) in [5.74, 6) is 0.509. The standard InChI is InChI=1S/C24H34N4O2.C2H6/c1-3-19(2)22(29)27-13-6-20(7-14-27)23(30)28-17-10-24(18-28)8-15-26(16-9-24)21-4-11-25-12-5-21;1-2/h3-5,11-12,20H,6-10,13-18H2,1-2H3;1-2H3/b19-3+;. The minimum Gasteiger partial charge on any atom is -0.371 e. The summed E-state index contributed by atoms with van der Waals surface area (Å²) in [4.78, 5) is 36.1. The number of hydrogen-bond acceptors (Lipinski definition) is 4. The number of nitrogens with zero attached hydrogens (tertiary/aromatic N) is 4. The molecule has 0 unspecified atom stereocenters. The molecular formula is C26H40N4O2. The molecule has 0 aliphatic carbocycles. The van der Waals surface area contributed by atoms with Crippen LogP contribution < -0.4 is 4.90 Å². The third kappa shape index (κ3) is 5.33. The smallest absolute Gasteiger partial charge is 0.249 e. The SMILES string of the molecule is C/C=C(\C)C(=O)N1CCC(C(=O)N2CCC3(CCN(c4ccncc4)CC3)C2)CC1.CC. The predicted octanol–water partition coefficient (Wildman–Crippen LogP) is 4.13. The van der Waals surface area contributed by atoms with E-state index in [1.54, 1.807) is 0 Å². The zero-order chi connectivity index (χ0) is 23.1. The highest BCUT2D eigenvalue weighted by Crippen LogP contribution is 2.42. The number of pyridine rings is 1. The molecule has 6 heteroatoms. The molecular weight excluding hydrogens is 400 g/mol. The average molecular weight is 441 g/mol. The van der Waals surface area contributed by atoms with Crippen LogP contribution in [0.3, 0.4) is 0 Å². The van der Waals surface area contributed by atoms with E-state index in [0.717, 1.165) is 63.9 Å². The molecule has 0 atom stereocenters. The number of anilines is 1. The Hall–Kier alpha value is -2.37. The molecule has 1 aromatic heterocycles. The summed E-state index contributed by atoms with van der Waals surface area (Å²) < 4.78 is 0. The van der Waals surface area contributed by atoms with E-state index < -0.39 is 0 Å². The first-order valence-electron chi connectivity index (χ1n) is 12.4. The molecule has 0 aromatic carbocycles. The van der Waals surface area contributed by atoms with Crippen molar-refractivity contribution in [2.45, 2.75) is 59.8 Å². The van der Waals surface area contributed by atoms with Crippen molar-refractivity contribution in [1.29, 1.82) is 0 Å². The van der Waals surface area contributed by atoms with Gasteiger partial charge in [-0.05, 0) is 63.5 Å². The van der Waals surface area contributed by atoms with Crippen LogP contribution in [-0.2, 0) is 9.59 Å². The second-order valence-corrected chi connectivity index (χ2v) is 9.24. The molecule has 3 saturated heterocycles. The van der Waals surface area contributed by atoms with Gasteiger partial charge in [0.1, 0.15) is 0 Å². The van der Waals surface area contributed by atoms with Crippen molar-refractivity contribution in [3.8, 4) is 0 Å². The van der Waals surface area contributed by atoms with Gasteiger partial charge in [-0.15, -0.1) is 0 Å². The van der Waals surface area contributed by atoms with E-state index in [-0.39, 0.29) is 11.8 Å². The third-order valence-corrected chi connectivity index (χ3v) is 7.50. The fourth-order valence-electron chi connectivity index (χ4n) is 5.29. The molecule has 0 bridgehead atoms. The van der Waals surface area contributed by atoms with Crippen LogP contribution in [0.4, 0.5) is 5.69 Å². The number of rotatable bonds is 3. The highest BCUT2D eigenvalue weighted by atomic mass is 16.2. The van der Waals surface area contributed by atoms with E-state index in [4.69, 9.17) is 0 Å².